The number of aryl methyl sites for hydroxylation is 1. The van der Waals surface area contributed by atoms with Gasteiger partial charge >= 0.3 is 0 Å². The average molecular weight is 219 g/mol. The standard InChI is InChI=1S/C14H21NO/c1-14(2)11(9-15)6-4-10-5-7-12(16-3)8-13(10)14/h5,7-8,11H,4,6,9,15H2,1-3H3. The summed E-state index contributed by atoms with van der Waals surface area (Å²) >= 11 is 0. The summed E-state index contributed by atoms with van der Waals surface area (Å²) in [7, 11) is 1.72. The third-order valence-corrected chi connectivity index (χ3v) is 4.08. The van der Waals surface area contributed by atoms with Crippen LogP contribution in [0.1, 0.15) is 31.4 Å². The van der Waals surface area contributed by atoms with Crippen molar-refractivity contribution in [2.75, 3.05) is 13.7 Å². The third-order valence-electron chi connectivity index (χ3n) is 4.08. The molecule has 0 heterocycles. The highest BCUT2D eigenvalue weighted by molar-refractivity contribution is 5.42. The summed E-state index contributed by atoms with van der Waals surface area (Å²) in [6, 6.07) is 6.43. The fourth-order valence-electron chi connectivity index (χ4n) is 2.82. The van der Waals surface area contributed by atoms with Crippen molar-refractivity contribution in [1.82, 2.24) is 0 Å². The second kappa shape index (κ2) is 4.10. The van der Waals surface area contributed by atoms with Crippen molar-refractivity contribution >= 4 is 0 Å². The smallest absolute Gasteiger partial charge is 0.119 e. The summed E-state index contributed by atoms with van der Waals surface area (Å²) in [4.78, 5) is 0. The van der Waals surface area contributed by atoms with E-state index in [4.69, 9.17) is 10.5 Å². The van der Waals surface area contributed by atoms with Crippen LogP contribution >= 0.6 is 0 Å². The zero-order valence-corrected chi connectivity index (χ0v) is 10.4. The predicted octanol–water partition coefficient (Wildman–Crippen LogP) is 2.49. The van der Waals surface area contributed by atoms with Crippen LogP contribution in [-0.4, -0.2) is 13.7 Å². The highest BCUT2D eigenvalue weighted by atomic mass is 16.5. The van der Waals surface area contributed by atoms with Gasteiger partial charge in [0.25, 0.3) is 0 Å². The molecular formula is C14H21NO. The molecule has 1 aromatic rings. The van der Waals surface area contributed by atoms with Gasteiger partial charge in [0.15, 0.2) is 0 Å². The molecule has 0 saturated carbocycles. The molecule has 1 aromatic carbocycles. The van der Waals surface area contributed by atoms with Gasteiger partial charge < -0.3 is 10.5 Å². The lowest BCUT2D eigenvalue weighted by molar-refractivity contribution is 0.284. The topological polar surface area (TPSA) is 35.2 Å². The number of methoxy groups -OCH3 is 1. The van der Waals surface area contributed by atoms with Crippen molar-refractivity contribution in [2.24, 2.45) is 11.7 Å². The van der Waals surface area contributed by atoms with Crippen LogP contribution < -0.4 is 10.5 Å². The van der Waals surface area contributed by atoms with Gasteiger partial charge in [0.2, 0.25) is 0 Å². The Hall–Kier alpha value is -1.02. The molecule has 1 aliphatic rings. The van der Waals surface area contributed by atoms with Crippen molar-refractivity contribution < 1.29 is 4.74 Å². The van der Waals surface area contributed by atoms with E-state index in [1.165, 1.54) is 17.5 Å². The van der Waals surface area contributed by atoms with Gasteiger partial charge in [-0.05, 0) is 54.0 Å². The molecule has 0 bridgehead atoms. The molecule has 2 N–H and O–H groups in total. The number of hydrogen-bond acceptors (Lipinski definition) is 2. The largest absolute Gasteiger partial charge is 0.497 e. The van der Waals surface area contributed by atoms with Gasteiger partial charge in [-0.1, -0.05) is 19.9 Å². The summed E-state index contributed by atoms with van der Waals surface area (Å²) in [5.74, 6) is 1.52. The Bertz CT molecular complexity index is 384. The quantitative estimate of drug-likeness (QED) is 0.829. The lowest BCUT2D eigenvalue weighted by atomic mass is 9.65. The van der Waals surface area contributed by atoms with Crippen molar-refractivity contribution in [1.29, 1.82) is 0 Å². The highest BCUT2D eigenvalue weighted by Gasteiger charge is 2.35. The molecule has 0 fully saturated rings. The molecule has 1 atom stereocenters. The van der Waals surface area contributed by atoms with Crippen LogP contribution in [0.3, 0.4) is 0 Å². The average Bonchev–Trinajstić information content (AvgIpc) is 2.29. The van der Waals surface area contributed by atoms with E-state index >= 15 is 0 Å². The normalized spacial score (nSPS) is 22.6. The van der Waals surface area contributed by atoms with E-state index in [-0.39, 0.29) is 5.41 Å². The Morgan fingerprint density at radius 1 is 1.44 bits per heavy atom. The molecule has 2 rings (SSSR count). The number of benzene rings is 1. The maximum absolute atomic E-state index is 5.88. The molecule has 0 amide bonds. The van der Waals surface area contributed by atoms with E-state index in [1.807, 2.05) is 0 Å². The van der Waals surface area contributed by atoms with Crippen molar-refractivity contribution in [2.45, 2.75) is 32.1 Å². The fraction of sp³-hybridized carbons (Fsp3) is 0.571. The Morgan fingerprint density at radius 2 is 2.19 bits per heavy atom. The lowest BCUT2D eigenvalue weighted by Crippen LogP contribution is -2.38. The Morgan fingerprint density at radius 3 is 2.81 bits per heavy atom. The van der Waals surface area contributed by atoms with Crippen LogP contribution in [0.2, 0.25) is 0 Å². The zero-order chi connectivity index (χ0) is 11.8. The van der Waals surface area contributed by atoms with E-state index in [9.17, 15) is 0 Å². The van der Waals surface area contributed by atoms with Gasteiger partial charge in [-0.15, -0.1) is 0 Å². The van der Waals surface area contributed by atoms with Crippen molar-refractivity contribution in [3.8, 4) is 5.75 Å². The second-order valence-electron chi connectivity index (χ2n) is 5.22. The summed E-state index contributed by atoms with van der Waals surface area (Å²) in [5.41, 5.74) is 8.90. The first-order chi connectivity index (χ1) is 7.59. The summed E-state index contributed by atoms with van der Waals surface area (Å²) in [5, 5.41) is 0. The molecular weight excluding hydrogens is 198 g/mol. The molecule has 16 heavy (non-hydrogen) atoms. The Kier molecular flexibility index (Phi) is 2.94. The monoisotopic (exact) mass is 219 g/mol. The molecule has 2 heteroatoms. The minimum atomic E-state index is 0.164. The molecule has 1 aliphatic carbocycles. The molecule has 0 saturated heterocycles. The molecule has 0 aromatic heterocycles. The summed E-state index contributed by atoms with van der Waals surface area (Å²) < 4.78 is 5.31. The Labute approximate surface area is 97.8 Å². The van der Waals surface area contributed by atoms with Crippen LogP contribution in [-0.2, 0) is 11.8 Å². The molecule has 0 radical (unpaired) electrons. The van der Waals surface area contributed by atoms with E-state index in [0.29, 0.717) is 5.92 Å². The number of ether oxygens (including phenoxy) is 1. The molecule has 88 valence electrons. The van der Waals surface area contributed by atoms with Gasteiger partial charge in [0.1, 0.15) is 5.75 Å². The second-order valence-corrected chi connectivity index (χ2v) is 5.22. The van der Waals surface area contributed by atoms with E-state index < -0.39 is 0 Å². The van der Waals surface area contributed by atoms with Crippen LogP contribution in [0, 0.1) is 5.92 Å². The van der Waals surface area contributed by atoms with Gasteiger partial charge in [0, 0.05) is 0 Å². The van der Waals surface area contributed by atoms with E-state index in [0.717, 1.165) is 18.7 Å². The van der Waals surface area contributed by atoms with Crippen LogP contribution in [0.25, 0.3) is 0 Å². The fourth-order valence-corrected chi connectivity index (χ4v) is 2.82. The minimum Gasteiger partial charge on any atom is -0.497 e. The zero-order valence-electron chi connectivity index (χ0n) is 10.4. The molecule has 0 spiro atoms. The maximum atomic E-state index is 5.88. The number of rotatable bonds is 2. The van der Waals surface area contributed by atoms with Crippen molar-refractivity contribution in [3.63, 3.8) is 0 Å². The number of hydrogen-bond donors (Lipinski definition) is 1. The lowest BCUT2D eigenvalue weighted by Gasteiger charge is -2.40. The molecule has 0 aliphatic heterocycles. The van der Waals surface area contributed by atoms with Crippen LogP contribution in [0.4, 0.5) is 0 Å². The predicted molar refractivity (Wildman–Crippen MR) is 66.9 cm³/mol. The summed E-state index contributed by atoms with van der Waals surface area (Å²) in [6.07, 6.45) is 2.34. The van der Waals surface area contributed by atoms with Gasteiger partial charge in [-0.3, -0.25) is 0 Å². The Balaban J connectivity index is 2.47. The highest BCUT2D eigenvalue weighted by Crippen LogP contribution is 2.41. The van der Waals surface area contributed by atoms with Crippen LogP contribution in [0.15, 0.2) is 18.2 Å². The molecule has 2 nitrogen and oxygen atoms in total. The number of fused-ring (bicyclic) bond motifs is 1. The van der Waals surface area contributed by atoms with E-state index in [1.54, 1.807) is 7.11 Å². The maximum Gasteiger partial charge on any atom is 0.119 e. The van der Waals surface area contributed by atoms with Gasteiger partial charge in [0.05, 0.1) is 7.11 Å². The SMILES string of the molecule is COc1ccc2c(c1)C(C)(C)C(CN)CC2. The van der Waals surface area contributed by atoms with E-state index in [2.05, 4.69) is 32.0 Å². The minimum absolute atomic E-state index is 0.164. The number of nitrogens with two attached hydrogens (primary N) is 1. The molecule has 1 unspecified atom stereocenters. The first-order valence-corrected chi connectivity index (χ1v) is 5.97. The first-order valence-electron chi connectivity index (χ1n) is 5.97. The first kappa shape index (κ1) is 11.5. The third kappa shape index (κ3) is 1.71. The van der Waals surface area contributed by atoms with Crippen molar-refractivity contribution in [3.05, 3.63) is 29.3 Å². The summed E-state index contributed by atoms with van der Waals surface area (Å²) in [6.45, 7) is 5.35. The van der Waals surface area contributed by atoms with Gasteiger partial charge in [-0.2, -0.15) is 0 Å². The van der Waals surface area contributed by atoms with Gasteiger partial charge in [-0.25, -0.2) is 0 Å². The van der Waals surface area contributed by atoms with Crippen LogP contribution in [0.5, 0.6) is 5.75 Å².